The first kappa shape index (κ1) is 24.4. The molecule has 0 aliphatic carbocycles. The number of rotatable bonds is 7. The molecule has 0 fully saturated rings. The normalized spacial score (nSPS) is 11.9. The first-order valence-electron chi connectivity index (χ1n) is 8.85. The topological polar surface area (TPSA) is 129 Å². The maximum absolute atomic E-state index is 14.0. The molecule has 0 radical (unpaired) electrons. The molecule has 0 aliphatic rings. The lowest BCUT2D eigenvalue weighted by Gasteiger charge is -2.09. The molecular weight excluding hydrogens is 449 g/mol. The predicted octanol–water partition coefficient (Wildman–Crippen LogP) is 2.03. The lowest BCUT2D eigenvalue weighted by molar-refractivity contribution is 0.0601. The van der Waals surface area contributed by atoms with Crippen molar-refractivity contribution >= 4 is 39.4 Å². The molecule has 0 spiro atoms. The van der Waals surface area contributed by atoms with Crippen LogP contribution in [0, 0.1) is 0 Å². The summed E-state index contributed by atoms with van der Waals surface area (Å²) in [7, 11) is -1.13. The molecule has 1 heterocycles. The van der Waals surface area contributed by atoms with Gasteiger partial charge in [0.15, 0.2) is 0 Å². The van der Waals surface area contributed by atoms with Crippen LogP contribution >= 0.6 is 12.4 Å². The van der Waals surface area contributed by atoms with Crippen LogP contribution < -0.4 is 10.5 Å². The lowest BCUT2D eigenvalue weighted by Crippen LogP contribution is -2.18. The minimum absolute atomic E-state index is 0. The third kappa shape index (κ3) is 5.07. The van der Waals surface area contributed by atoms with Gasteiger partial charge >= 0.3 is 5.97 Å². The Morgan fingerprint density at radius 1 is 1.32 bits per heavy atom. The summed E-state index contributed by atoms with van der Waals surface area (Å²) in [6, 6.07) is 9.18. The molecule has 0 saturated carbocycles. The fourth-order valence-electron chi connectivity index (χ4n) is 2.92. The number of carbonyl (C=O) groups is 1. The Hall–Kier alpha value is -2.86. The van der Waals surface area contributed by atoms with Crippen LogP contribution in [0.4, 0.5) is 4.39 Å². The molecule has 0 atom stereocenters. The molecule has 3 aromatic rings. The Morgan fingerprint density at radius 3 is 2.71 bits per heavy atom. The Labute approximate surface area is 184 Å². The van der Waals surface area contributed by atoms with E-state index in [2.05, 4.69) is 15.0 Å². The highest BCUT2D eigenvalue weighted by Gasteiger charge is 2.19. The lowest BCUT2D eigenvalue weighted by atomic mass is 10.0. The van der Waals surface area contributed by atoms with Crippen LogP contribution in [0.25, 0.3) is 22.2 Å². The Bertz CT molecular complexity index is 1240. The molecular formula is C19H21ClFN5O4S. The summed E-state index contributed by atoms with van der Waals surface area (Å²) >= 11 is 0. The van der Waals surface area contributed by atoms with Crippen LogP contribution in [0.2, 0.25) is 0 Å². The van der Waals surface area contributed by atoms with Crippen molar-refractivity contribution in [2.45, 2.75) is 11.4 Å². The second-order valence-electron chi connectivity index (χ2n) is 6.25. The number of fused-ring (bicyclic) bond motifs is 1. The third-order valence-corrected chi connectivity index (χ3v) is 5.82. The Kier molecular flexibility index (Phi) is 7.85. The molecule has 3 rings (SSSR count). The number of nitrogens with two attached hydrogens (primary N) is 1. The number of allylic oxidation sites excluding steroid dienone is 1. The second-order valence-corrected chi connectivity index (χ2v) is 8.14. The molecule has 12 heteroatoms. The maximum Gasteiger partial charge on any atom is 0.337 e. The average Bonchev–Trinajstić information content (AvgIpc) is 3.15. The Morgan fingerprint density at radius 2 is 2.06 bits per heavy atom. The number of hydrogen-bond acceptors (Lipinski definition) is 7. The van der Waals surface area contributed by atoms with E-state index in [1.807, 2.05) is 0 Å². The van der Waals surface area contributed by atoms with Gasteiger partial charge in [0.2, 0.25) is 10.0 Å². The van der Waals surface area contributed by atoms with E-state index < -0.39 is 21.8 Å². The summed E-state index contributed by atoms with van der Waals surface area (Å²) in [6.07, 6.45) is 1.21. The number of nitrogens with zero attached hydrogens (tertiary/aromatic N) is 3. The Balaban J connectivity index is 0.00000341. The van der Waals surface area contributed by atoms with Gasteiger partial charge in [-0.2, -0.15) is 0 Å². The van der Waals surface area contributed by atoms with Crippen molar-refractivity contribution in [3.05, 3.63) is 53.9 Å². The predicted molar refractivity (Wildman–Crippen MR) is 116 cm³/mol. The van der Waals surface area contributed by atoms with Gasteiger partial charge < -0.3 is 10.5 Å². The first-order chi connectivity index (χ1) is 14.3. The molecule has 3 N–H and O–H groups in total. The van der Waals surface area contributed by atoms with Crippen LogP contribution in [-0.2, 0) is 21.3 Å². The number of methoxy groups -OCH3 is 1. The zero-order valence-electron chi connectivity index (χ0n) is 16.7. The highest BCUT2D eigenvalue weighted by molar-refractivity contribution is 7.89. The zero-order chi connectivity index (χ0) is 21.9. The monoisotopic (exact) mass is 469 g/mol. The van der Waals surface area contributed by atoms with E-state index in [9.17, 15) is 17.6 Å². The van der Waals surface area contributed by atoms with Gasteiger partial charge in [0.25, 0.3) is 0 Å². The van der Waals surface area contributed by atoms with Gasteiger partial charge in [-0.05, 0) is 43.0 Å². The molecule has 0 saturated heterocycles. The van der Waals surface area contributed by atoms with Gasteiger partial charge in [-0.3, -0.25) is 0 Å². The quantitative estimate of drug-likeness (QED) is 0.506. The summed E-state index contributed by atoms with van der Waals surface area (Å²) < 4.78 is 46.7. The molecule has 2 aromatic carbocycles. The largest absolute Gasteiger partial charge is 0.465 e. The van der Waals surface area contributed by atoms with Gasteiger partial charge in [-0.25, -0.2) is 27.0 Å². The van der Waals surface area contributed by atoms with Crippen molar-refractivity contribution in [1.29, 1.82) is 0 Å². The van der Waals surface area contributed by atoms with E-state index in [1.165, 1.54) is 49.2 Å². The number of benzene rings is 2. The van der Waals surface area contributed by atoms with Gasteiger partial charge in [-0.15, -0.1) is 17.5 Å². The van der Waals surface area contributed by atoms with Crippen molar-refractivity contribution in [3.63, 3.8) is 0 Å². The third-order valence-electron chi connectivity index (χ3n) is 4.41. The van der Waals surface area contributed by atoms with Crippen LogP contribution in [-0.4, -0.2) is 50.1 Å². The molecule has 0 aliphatic heterocycles. The fraction of sp³-hybridized carbons (Fsp3) is 0.211. The van der Waals surface area contributed by atoms with E-state index >= 15 is 0 Å². The molecule has 31 heavy (non-hydrogen) atoms. The standard InChI is InChI=1S/C19H20FN5O4S.ClH/c1-22-30(27,28)15-5-3-4-12(8-15)16-9-13(19(26)29-2)10-17-18(16)23-24-25(17)11-14(20)6-7-21;/h3-6,8-10,22H,7,11,21H2,1-2H3;1H/b14-6-;. The second kappa shape index (κ2) is 9.96. The van der Waals surface area contributed by atoms with E-state index in [0.29, 0.717) is 22.2 Å². The summed E-state index contributed by atoms with van der Waals surface area (Å²) in [6.45, 7) is -0.185. The molecule has 0 amide bonds. The van der Waals surface area contributed by atoms with Crippen LogP contribution in [0.1, 0.15) is 10.4 Å². The SMILES string of the molecule is CNS(=O)(=O)c1cccc(-c2cc(C(=O)OC)cc3c2nnn3C/C(F)=C/CN)c1.Cl. The van der Waals surface area contributed by atoms with Crippen molar-refractivity contribution in [2.75, 3.05) is 20.7 Å². The van der Waals surface area contributed by atoms with Gasteiger partial charge in [-0.1, -0.05) is 17.3 Å². The van der Waals surface area contributed by atoms with Crippen LogP contribution in [0.3, 0.4) is 0 Å². The van der Waals surface area contributed by atoms with E-state index in [-0.39, 0.29) is 36.0 Å². The number of aromatic nitrogens is 3. The molecule has 0 bridgehead atoms. The van der Waals surface area contributed by atoms with Crippen molar-refractivity contribution in [3.8, 4) is 11.1 Å². The highest BCUT2D eigenvalue weighted by Crippen LogP contribution is 2.31. The average molecular weight is 470 g/mol. The fourth-order valence-corrected chi connectivity index (χ4v) is 3.70. The minimum Gasteiger partial charge on any atom is -0.465 e. The van der Waals surface area contributed by atoms with Gasteiger partial charge in [0, 0.05) is 12.1 Å². The van der Waals surface area contributed by atoms with Crippen molar-refractivity contribution < 1.29 is 22.3 Å². The summed E-state index contributed by atoms with van der Waals surface area (Å²) in [4.78, 5) is 12.2. The number of hydrogen-bond donors (Lipinski definition) is 2. The van der Waals surface area contributed by atoms with Gasteiger partial charge in [0.05, 0.1) is 29.6 Å². The molecule has 9 nitrogen and oxygen atoms in total. The molecule has 166 valence electrons. The molecule has 0 unspecified atom stereocenters. The summed E-state index contributed by atoms with van der Waals surface area (Å²) in [5.41, 5.74) is 7.23. The van der Waals surface area contributed by atoms with Gasteiger partial charge in [0.1, 0.15) is 11.3 Å². The number of ether oxygens (including phenoxy) is 1. The van der Waals surface area contributed by atoms with E-state index in [4.69, 9.17) is 10.5 Å². The minimum atomic E-state index is -3.68. The van der Waals surface area contributed by atoms with Crippen molar-refractivity contribution in [1.82, 2.24) is 19.7 Å². The smallest absolute Gasteiger partial charge is 0.337 e. The van der Waals surface area contributed by atoms with E-state index in [1.54, 1.807) is 12.1 Å². The number of carbonyl (C=O) groups excluding carboxylic acids is 1. The number of nitrogens with one attached hydrogen (secondary N) is 1. The first-order valence-corrected chi connectivity index (χ1v) is 10.3. The molecule has 1 aromatic heterocycles. The summed E-state index contributed by atoms with van der Waals surface area (Å²) in [5.74, 6) is -1.11. The maximum atomic E-state index is 14.0. The number of sulfonamides is 1. The number of halogens is 2. The zero-order valence-corrected chi connectivity index (χ0v) is 18.3. The summed E-state index contributed by atoms with van der Waals surface area (Å²) in [5, 5.41) is 8.10. The number of esters is 1. The highest BCUT2D eigenvalue weighted by atomic mass is 35.5. The van der Waals surface area contributed by atoms with Crippen molar-refractivity contribution in [2.24, 2.45) is 5.73 Å². The van der Waals surface area contributed by atoms with E-state index in [0.717, 1.165) is 0 Å². The van der Waals surface area contributed by atoms with Crippen LogP contribution in [0.5, 0.6) is 0 Å². The van der Waals surface area contributed by atoms with Crippen LogP contribution in [0.15, 0.2) is 53.2 Å².